The second kappa shape index (κ2) is 12.4. The van der Waals surface area contributed by atoms with Gasteiger partial charge in [-0.05, 0) is 55.3 Å². The molecule has 220 valence electrons. The number of ether oxygens (including phenoxy) is 2. The fourth-order valence-corrected chi connectivity index (χ4v) is 5.57. The van der Waals surface area contributed by atoms with E-state index in [4.69, 9.17) is 15.2 Å². The van der Waals surface area contributed by atoms with Gasteiger partial charge in [0.1, 0.15) is 6.33 Å². The average molecular weight is 579 g/mol. The smallest absolute Gasteiger partial charge is 0.416 e. The van der Waals surface area contributed by atoms with Crippen molar-refractivity contribution in [2.24, 2.45) is 11.7 Å². The highest BCUT2D eigenvalue weighted by Crippen LogP contribution is 2.37. The van der Waals surface area contributed by atoms with E-state index in [0.29, 0.717) is 46.4 Å². The normalized spacial score (nSPS) is 16.7. The Morgan fingerprint density at radius 3 is 2.36 bits per heavy atom. The zero-order valence-corrected chi connectivity index (χ0v) is 23.5. The molecule has 0 spiro atoms. The SMILES string of the molecule is CCN1CCCC(COc2cc3ncnc(-c4ccc(C(C(N)=O)c5ccc(C(F)(F)F)cc5)cc4)c3cc2OC)C1. The molecule has 1 aliphatic heterocycles. The quantitative estimate of drug-likeness (QED) is 0.260. The highest BCUT2D eigenvalue weighted by molar-refractivity contribution is 5.94. The molecule has 7 nitrogen and oxygen atoms in total. The summed E-state index contributed by atoms with van der Waals surface area (Å²) < 4.78 is 50.9. The lowest BCUT2D eigenvalue weighted by Gasteiger charge is -2.31. The number of alkyl halides is 3. The van der Waals surface area contributed by atoms with Crippen molar-refractivity contribution in [3.05, 3.63) is 83.7 Å². The summed E-state index contributed by atoms with van der Waals surface area (Å²) in [7, 11) is 1.59. The number of carbonyl (C=O) groups is 1. The molecule has 2 unspecified atom stereocenters. The van der Waals surface area contributed by atoms with Gasteiger partial charge in [-0.25, -0.2) is 9.97 Å². The molecule has 0 aliphatic carbocycles. The number of likely N-dealkylation sites (tertiary alicyclic amines) is 1. The lowest BCUT2D eigenvalue weighted by atomic mass is 9.89. The van der Waals surface area contributed by atoms with Crippen molar-refractivity contribution in [1.82, 2.24) is 14.9 Å². The Hall–Kier alpha value is -4.18. The summed E-state index contributed by atoms with van der Waals surface area (Å²) in [5.41, 5.74) is 7.93. The summed E-state index contributed by atoms with van der Waals surface area (Å²) in [6, 6.07) is 15.3. The lowest BCUT2D eigenvalue weighted by Crippen LogP contribution is -2.37. The number of aromatic nitrogens is 2. The summed E-state index contributed by atoms with van der Waals surface area (Å²) in [5, 5.41) is 0.762. The molecule has 42 heavy (non-hydrogen) atoms. The molecule has 10 heteroatoms. The highest BCUT2D eigenvalue weighted by Gasteiger charge is 2.31. The number of rotatable bonds is 9. The first kappa shape index (κ1) is 29.3. The van der Waals surface area contributed by atoms with Gasteiger partial charge in [-0.15, -0.1) is 0 Å². The molecule has 5 rings (SSSR count). The molecular formula is C32H33F3N4O3. The Kier molecular flexibility index (Phi) is 8.63. The average Bonchev–Trinajstić information content (AvgIpc) is 2.99. The highest BCUT2D eigenvalue weighted by atomic mass is 19.4. The van der Waals surface area contributed by atoms with E-state index >= 15 is 0 Å². The van der Waals surface area contributed by atoms with Crippen LogP contribution in [0, 0.1) is 5.92 Å². The number of hydrogen-bond donors (Lipinski definition) is 1. The van der Waals surface area contributed by atoms with E-state index in [-0.39, 0.29) is 0 Å². The van der Waals surface area contributed by atoms with Crippen LogP contribution in [0.15, 0.2) is 67.0 Å². The zero-order valence-electron chi connectivity index (χ0n) is 23.5. The predicted octanol–water partition coefficient (Wildman–Crippen LogP) is 6.05. The first-order chi connectivity index (χ1) is 20.2. The topological polar surface area (TPSA) is 90.6 Å². The van der Waals surface area contributed by atoms with Crippen LogP contribution in [0.1, 0.15) is 42.4 Å². The van der Waals surface area contributed by atoms with Crippen LogP contribution >= 0.6 is 0 Å². The standard InChI is InChI=1S/C32H33F3N4O3/c1-3-39-14-4-5-20(17-39)18-42-28-16-26-25(15-27(28)41-2)30(38-19-37-26)23-8-6-21(7-9-23)29(31(36)40)22-10-12-24(13-11-22)32(33,34)35/h6-13,15-16,19-20,29H,3-5,14,17-18H2,1-2H3,(H2,36,40). The number of primary amides is 1. The van der Waals surface area contributed by atoms with E-state index in [1.807, 2.05) is 12.1 Å². The van der Waals surface area contributed by atoms with Crippen LogP contribution in [0.4, 0.5) is 13.2 Å². The number of carbonyl (C=O) groups excluding carboxylic acids is 1. The number of nitrogens with zero attached hydrogens (tertiary/aromatic N) is 3. The first-order valence-electron chi connectivity index (χ1n) is 13.9. The van der Waals surface area contributed by atoms with E-state index in [0.717, 1.165) is 55.6 Å². The molecule has 2 heterocycles. The first-order valence-corrected chi connectivity index (χ1v) is 13.9. The van der Waals surface area contributed by atoms with E-state index in [9.17, 15) is 18.0 Å². The van der Waals surface area contributed by atoms with Crippen molar-refractivity contribution in [1.29, 1.82) is 0 Å². The Morgan fingerprint density at radius 2 is 1.74 bits per heavy atom. The molecule has 0 bridgehead atoms. The van der Waals surface area contributed by atoms with E-state index < -0.39 is 23.6 Å². The monoisotopic (exact) mass is 578 g/mol. The fraction of sp³-hybridized carbons (Fsp3) is 0.344. The maximum atomic E-state index is 13.0. The molecule has 3 aromatic carbocycles. The van der Waals surface area contributed by atoms with Crippen LogP contribution in [0.25, 0.3) is 22.2 Å². The van der Waals surface area contributed by atoms with Crippen LogP contribution in [0.3, 0.4) is 0 Å². The van der Waals surface area contributed by atoms with E-state index in [1.165, 1.54) is 18.5 Å². The van der Waals surface area contributed by atoms with E-state index in [1.54, 1.807) is 31.4 Å². The van der Waals surface area contributed by atoms with Crippen LogP contribution in [-0.4, -0.2) is 54.1 Å². The fourth-order valence-electron chi connectivity index (χ4n) is 5.57. The zero-order chi connectivity index (χ0) is 29.9. The number of halogens is 3. The number of nitrogens with two attached hydrogens (primary N) is 1. The number of methoxy groups -OCH3 is 1. The number of benzene rings is 3. The van der Waals surface area contributed by atoms with Crippen LogP contribution in [0.5, 0.6) is 11.5 Å². The second-order valence-electron chi connectivity index (χ2n) is 10.5. The molecule has 1 saturated heterocycles. The Morgan fingerprint density at radius 1 is 1.05 bits per heavy atom. The molecule has 1 aromatic heterocycles. The molecule has 0 radical (unpaired) electrons. The van der Waals surface area contributed by atoms with Gasteiger partial charge in [-0.3, -0.25) is 4.79 Å². The Bertz CT molecular complexity index is 1540. The number of piperidine rings is 1. The third kappa shape index (κ3) is 6.33. The van der Waals surface area contributed by atoms with Crippen LogP contribution in [0.2, 0.25) is 0 Å². The van der Waals surface area contributed by atoms with E-state index in [2.05, 4.69) is 21.8 Å². The van der Waals surface area contributed by atoms with Gasteiger partial charge in [0.25, 0.3) is 0 Å². The number of amides is 1. The molecule has 1 fully saturated rings. The third-order valence-electron chi connectivity index (χ3n) is 7.82. The van der Waals surface area contributed by atoms with Crippen LogP contribution in [-0.2, 0) is 11.0 Å². The summed E-state index contributed by atoms with van der Waals surface area (Å²) >= 11 is 0. The third-order valence-corrected chi connectivity index (χ3v) is 7.82. The molecular weight excluding hydrogens is 545 g/mol. The van der Waals surface area contributed by atoms with Crippen molar-refractivity contribution in [3.8, 4) is 22.8 Å². The van der Waals surface area contributed by atoms with Gasteiger partial charge >= 0.3 is 6.18 Å². The predicted molar refractivity (Wildman–Crippen MR) is 154 cm³/mol. The van der Waals surface area contributed by atoms with Crippen molar-refractivity contribution >= 4 is 16.8 Å². The van der Waals surface area contributed by atoms with Gasteiger partial charge in [0.05, 0.1) is 36.4 Å². The number of hydrogen-bond acceptors (Lipinski definition) is 6. The van der Waals surface area contributed by atoms with Crippen molar-refractivity contribution in [3.63, 3.8) is 0 Å². The molecule has 2 N–H and O–H groups in total. The van der Waals surface area contributed by atoms with Gasteiger partial charge in [-0.2, -0.15) is 13.2 Å². The maximum absolute atomic E-state index is 13.0. The lowest BCUT2D eigenvalue weighted by molar-refractivity contribution is -0.137. The summed E-state index contributed by atoms with van der Waals surface area (Å²) in [6.07, 6.45) is -0.693. The Balaban J connectivity index is 1.40. The molecule has 1 aliphatic rings. The second-order valence-corrected chi connectivity index (χ2v) is 10.5. The minimum absolute atomic E-state index is 0.378. The maximum Gasteiger partial charge on any atom is 0.416 e. The van der Waals surface area contributed by atoms with Gasteiger partial charge in [0, 0.05) is 29.5 Å². The Labute approximate surface area is 242 Å². The minimum atomic E-state index is -4.47. The van der Waals surface area contributed by atoms with Crippen molar-refractivity contribution < 1.29 is 27.4 Å². The van der Waals surface area contributed by atoms with Gasteiger partial charge in [-0.1, -0.05) is 43.3 Å². The molecule has 0 saturated carbocycles. The van der Waals surface area contributed by atoms with Crippen molar-refractivity contribution in [2.75, 3.05) is 33.4 Å². The number of fused-ring (bicyclic) bond motifs is 1. The molecule has 4 aromatic rings. The molecule has 1 amide bonds. The summed E-state index contributed by atoms with van der Waals surface area (Å²) in [6.45, 7) is 5.96. The van der Waals surface area contributed by atoms with Gasteiger partial charge < -0.3 is 20.1 Å². The van der Waals surface area contributed by atoms with Crippen molar-refractivity contribution in [2.45, 2.75) is 31.9 Å². The van der Waals surface area contributed by atoms with Crippen LogP contribution < -0.4 is 15.2 Å². The van der Waals surface area contributed by atoms with Gasteiger partial charge in [0.2, 0.25) is 5.91 Å². The minimum Gasteiger partial charge on any atom is -0.493 e. The largest absolute Gasteiger partial charge is 0.493 e. The summed E-state index contributed by atoms with van der Waals surface area (Å²) in [4.78, 5) is 23.8. The van der Waals surface area contributed by atoms with Gasteiger partial charge in [0.15, 0.2) is 11.5 Å². The molecule has 2 atom stereocenters. The summed E-state index contributed by atoms with van der Waals surface area (Å²) in [5.74, 6) is 0.0824.